The molecule has 0 bridgehead atoms. The van der Waals surface area contributed by atoms with E-state index in [2.05, 4.69) is 0 Å². The van der Waals surface area contributed by atoms with Gasteiger partial charge in [-0.25, -0.2) is 0 Å². The molecule has 0 aliphatic rings. The van der Waals surface area contributed by atoms with Crippen LogP contribution in [0.15, 0.2) is 56.0 Å². The van der Waals surface area contributed by atoms with E-state index in [4.69, 9.17) is 23.2 Å². The first kappa shape index (κ1) is 17.0. The lowest BCUT2D eigenvalue weighted by Gasteiger charge is -2.07. The Kier molecular flexibility index (Phi) is 5.91. The van der Waals surface area contributed by atoms with Gasteiger partial charge in [-0.3, -0.25) is 8.42 Å². The molecule has 7 heteroatoms. The molecular weight excluding hydrogens is 367 g/mol. The predicted octanol–water partition coefficient (Wildman–Crippen LogP) is 4.62. The first-order valence-electron chi connectivity index (χ1n) is 5.82. The summed E-state index contributed by atoms with van der Waals surface area (Å²) in [6, 6.07) is 10.8. The van der Waals surface area contributed by atoms with Crippen molar-refractivity contribution in [1.82, 2.24) is 0 Å². The summed E-state index contributed by atoms with van der Waals surface area (Å²) in [5, 5.41) is 0.985. The summed E-state index contributed by atoms with van der Waals surface area (Å²) in [6.45, 7) is 0. The topological polar surface area (TPSA) is 34.1 Å². The van der Waals surface area contributed by atoms with Crippen LogP contribution < -0.4 is 0 Å². The van der Waals surface area contributed by atoms with Crippen LogP contribution in [0.1, 0.15) is 0 Å². The average Bonchev–Trinajstić information content (AvgIpc) is 2.42. The van der Waals surface area contributed by atoms with Crippen molar-refractivity contribution in [3.63, 3.8) is 0 Å². The normalized spacial score (nSPS) is 13.9. The Morgan fingerprint density at radius 3 is 1.52 bits per heavy atom. The van der Waals surface area contributed by atoms with Crippen LogP contribution in [0, 0.1) is 0 Å². The van der Waals surface area contributed by atoms with E-state index in [-0.39, 0.29) is 0 Å². The number of rotatable bonds is 4. The van der Waals surface area contributed by atoms with Gasteiger partial charge in [-0.1, -0.05) is 35.0 Å². The van der Waals surface area contributed by atoms with E-state index in [1.807, 2.05) is 12.1 Å². The maximum atomic E-state index is 11.6. The highest BCUT2D eigenvalue weighted by atomic mass is 35.5. The Morgan fingerprint density at radius 2 is 1.19 bits per heavy atom. The van der Waals surface area contributed by atoms with E-state index in [0.29, 0.717) is 19.8 Å². The maximum Gasteiger partial charge on any atom is 0.0582 e. The van der Waals surface area contributed by atoms with Crippen LogP contribution in [0.4, 0.5) is 0 Å². The summed E-state index contributed by atoms with van der Waals surface area (Å²) < 4.78 is 23.2. The van der Waals surface area contributed by atoms with Crippen molar-refractivity contribution >= 4 is 56.6 Å². The molecule has 0 aliphatic heterocycles. The first-order chi connectivity index (χ1) is 9.88. The Labute approximate surface area is 143 Å². The second-order valence-corrected chi connectivity index (χ2v) is 8.85. The van der Waals surface area contributed by atoms with Crippen molar-refractivity contribution in [3.8, 4) is 0 Å². The summed E-state index contributed by atoms with van der Waals surface area (Å²) in [7, 11) is -2.28. The van der Waals surface area contributed by atoms with Crippen LogP contribution in [-0.2, 0) is 21.6 Å². The highest BCUT2D eigenvalue weighted by Crippen LogP contribution is 2.34. The third-order valence-corrected chi connectivity index (χ3v) is 6.44. The van der Waals surface area contributed by atoms with Gasteiger partial charge in [-0.2, -0.15) is 0 Å². The molecule has 0 radical (unpaired) electrons. The molecule has 0 amide bonds. The molecule has 2 aromatic carbocycles. The zero-order valence-corrected chi connectivity index (χ0v) is 15.2. The molecule has 0 spiro atoms. The molecule has 2 aromatic rings. The van der Waals surface area contributed by atoms with E-state index in [1.165, 1.54) is 11.8 Å². The minimum Gasteiger partial charge on any atom is -0.255 e. The van der Waals surface area contributed by atoms with E-state index in [0.717, 1.165) is 9.79 Å². The van der Waals surface area contributed by atoms with Crippen molar-refractivity contribution in [2.45, 2.75) is 19.6 Å². The van der Waals surface area contributed by atoms with Gasteiger partial charge in [-0.05, 0) is 36.4 Å². The highest BCUT2D eigenvalue weighted by Gasteiger charge is 2.09. The third kappa shape index (κ3) is 4.33. The van der Waals surface area contributed by atoms with Crippen LogP contribution in [0.5, 0.6) is 0 Å². The summed E-state index contributed by atoms with van der Waals surface area (Å²) >= 11 is 13.5. The maximum absolute atomic E-state index is 11.6. The largest absolute Gasteiger partial charge is 0.255 e. The van der Waals surface area contributed by atoms with Gasteiger partial charge in [-0.15, -0.1) is 0 Å². The van der Waals surface area contributed by atoms with E-state index < -0.39 is 21.6 Å². The zero-order valence-electron chi connectivity index (χ0n) is 11.3. The van der Waals surface area contributed by atoms with Gasteiger partial charge in [0, 0.05) is 22.3 Å². The summed E-state index contributed by atoms with van der Waals surface area (Å²) in [5.74, 6) is 0. The summed E-state index contributed by atoms with van der Waals surface area (Å²) in [6.07, 6.45) is 3.19. The van der Waals surface area contributed by atoms with E-state index >= 15 is 0 Å². The number of hydrogen-bond donors (Lipinski definition) is 0. The lowest BCUT2D eigenvalue weighted by atomic mass is 10.3. The van der Waals surface area contributed by atoms with Crippen molar-refractivity contribution in [1.29, 1.82) is 0 Å². The minimum atomic E-state index is -1.14. The molecule has 0 saturated carbocycles. The standard InChI is InChI=1S/C14H12Cl2O2S3/c1-20(17)13-7-9(3-5-11(13)15)19-10-4-6-12(16)14(8-10)21(2)18/h3-8H,1-2H3. The van der Waals surface area contributed by atoms with Crippen LogP contribution in [-0.4, -0.2) is 20.9 Å². The lowest BCUT2D eigenvalue weighted by molar-refractivity contribution is 0.686. The first-order valence-corrected chi connectivity index (χ1v) is 10.5. The Hall–Kier alpha value is -0.330. The monoisotopic (exact) mass is 378 g/mol. The molecular formula is C14H12Cl2O2S3. The van der Waals surface area contributed by atoms with Crippen LogP contribution >= 0.6 is 35.0 Å². The van der Waals surface area contributed by atoms with Gasteiger partial charge < -0.3 is 0 Å². The fourth-order valence-corrected chi connectivity index (χ4v) is 4.88. The number of benzene rings is 2. The van der Waals surface area contributed by atoms with E-state index in [9.17, 15) is 8.42 Å². The molecule has 2 unspecified atom stereocenters. The van der Waals surface area contributed by atoms with Crippen LogP contribution in [0.3, 0.4) is 0 Å². The predicted molar refractivity (Wildman–Crippen MR) is 91.7 cm³/mol. The Morgan fingerprint density at radius 1 is 0.810 bits per heavy atom. The molecule has 2 atom stereocenters. The molecule has 2 rings (SSSR count). The average molecular weight is 379 g/mol. The van der Waals surface area contributed by atoms with Gasteiger partial charge >= 0.3 is 0 Å². The fraction of sp³-hybridized carbons (Fsp3) is 0.143. The summed E-state index contributed by atoms with van der Waals surface area (Å²) in [4.78, 5) is 3.05. The molecule has 0 N–H and O–H groups in total. The third-order valence-electron chi connectivity index (χ3n) is 2.66. The fourth-order valence-electron chi connectivity index (χ4n) is 1.67. The quantitative estimate of drug-likeness (QED) is 0.778. The second-order valence-electron chi connectivity index (χ2n) is 4.19. The minimum absolute atomic E-state index is 0.492. The van der Waals surface area contributed by atoms with Crippen LogP contribution in [0.25, 0.3) is 0 Å². The Bertz CT molecular complexity index is 671. The van der Waals surface area contributed by atoms with Crippen molar-refractivity contribution in [2.75, 3.05) is 12.5 Å². The number of hydrogen-bond acceptors (Lipinski definition) is 3. The van der Waals surface area contributed by atoms with E-state index in [1.54, 1.807) is 36.8 Å². The van der Waals surface area contributed by atoms with Crippen LogP contribution in [0.2, 0.25) is 10.0 Å². The molecule has 2 nitrogen and oxygen atoms in total. The second kappa shape index (κ2) is 7.29. The molecule has 0 aromatic heterocycles. The van der Waals surface area contributed by atoms with Gasteiger partial charge in [0.25, 0.3) is 0 Å². The number of halogens is 2. The van der Waals surface area contributed by atoms with Gasteiger partial charge in [0.15, 0.2) is 0 Å². The van der Waals surface area contributed by atoms with Gasteiger partial charge in [0.05, 0.1) is 41.4 Å². The molecule has 0 fully saturated rings. The lowest BCUT2D eigenvalue weighted by Crippen LogP contribution is -1.90. The van der Waals surface area contributed by atoms with Gasteiger partial charge in [0.2, 0.25) is 0 Å². The highest BCUT2D eigenvalue weighted by molar-refractivity contribution is 7.99. The summed E-state index contributed by atoms with van der Waals surface area (Å²) in [5.41, 5.74) is 0. The van der Waals surface area contributed by atoms with Crippen molar-refractivity contribution < 1.29 is 8.42 Å². The molecule has 0 aliphatic carbocycles. The molecule has 0 heterocycles. The van der Waals surface area contributed by atoms with Gasteiger partial charge in [0.1, 0.15) is 0 Å². The molecule has 21 heavy (non-hydrogen) atoms. The Balaban J connectivity index is 2.34. The van der Waals surface area contributed by atoms with Crippen molar-refractivity contribution in [3.05, 3.63) is 46.4 Å². The smallest absolute Gasteiger partial charge is 0.0582 e. The SMILES string of the molecule is CS(=O)c1cc(Sc2ccc(Cl)c(S(C)=O)c2)ccc1Cl. The van der Waals surface area contributed by atoms with Crippen molar-refractivity contribution in [2.24, 2.45) is 0 Å². The zero-order chi connectivity index (χ0) is 15.6. The molecule has 0 saturated heterocycles. The molecule has 112 valence electrons.